The summed E-state index contributed by atoms with van der Waals surface area (Å²) >= 11 is 0. The normalized spacial score (nSPS) is 24.6. The number of methoxy groups -OCH3 is 1. The minimum absolute atomic E-state index is 0.248. The third-order valence-corrected chi connectivity index (χ3v) is 3.82. The quantitative estimate of drug-likeness (QED) is 0.762. The van der Waals surface area contributed by atoms with E-state index in [1.807, 2.05) is 7.05 Å². The van der Waals surface area contributed by atoms with Crippen molar-refractivity contribution in [3.8, 4) is 0 Å². The lowest BCUT2D eigenvalue weighted by Gasteiger charge is -2.28. The van der Waals surface area contributed by atoms with Crippen molar-refractivity contribution in [1.82, 2.24) is 4.90 Å². The summed E-state index contributed by atoms with van der Waals surface area (Å²) in [7, 11) is 3.51. The average molecular weight is 242 g/mol. The van der Waals surface area contributed by atoms with E-state index in [0.29, 0.717) is 31.4 Å². The average Bonchev–Trinajstić information content (AvgIpc) is 2.36. The van der Waals surface area contributed by atoms with Crippen LogP contribution in [0.1, 0.15) is 32.1 Å². The summed E-state index contributed by atoms with van der Waals surface area (Å²) < 4.78 is 4.97. The highest BCUT2D eigenvalue weighted by Crippen LogP contribution is 2.30. The molecule has 4 nitrogen and oxygen atoms in total. The van der Waals surface area contributed by atoms with Gasteiger partial charge >= 0.3 is 0 Å². The van der Waals surface area contributed by atoms with Crippen LogP contribution in [-0.2, 0) is 9.53 Å². The maximum Gasteiger partial charge on any atom is 0.222 e. The van der Waals surface area contributed by atoms with Crippen molar-refractivity contribution < 1.29 is 9.53 Å². The Kier molecular flexibility index (Phi) is 6.52. The van der Waals surface area contributed by atoms with Gasteiger partial charge in [-0.25, -0.2) is 0 Å². The molecule has 0 aliphatic heterocycles. The Morgan fingerprint density at radius 3 is 2.41 bits per heavy atom. The second-order valence-corrected chi connectivity index (χ2v) is 5.13. The molecule has 0 radical (unpaired) electrons. The molecule has 0 unspecified atom stereocenters. The molecule has 0 heterocycles. The van der Waals surface area contributed by atoms with E-state index in [1.165, 1.54) is 12.8 Å². The fraction of sp³-hybridized carbons (Fsp3) is 0.923. The number of amides is 1. The summed E-state index contributed by atoms with van der Waals surface area (Å²) in [5.74, 6) is 1.50. The van der Waals surface area contributed by atoms with Crippen LogP contribution in [0.3, 0.4) is 0 Å². The fourth-order valence-corrected chi connectivity index (χ4v) is 2.43. The van der Waals surface area contributed by atoms with E-state index in [4.69, 9.17) is 10.5 Å². The number of carbonyl (C=O) groups excluding carboxylic acids is 1. The number of nitrogens with zero attached hydrogens (tertiary/aromatic N) is 1. The van der Waals surface area contributed by atoms with E-state index in [2.05, 4.69) is 0 Å². The molecule has 0 aromatic rings. The molecule has 1 amide bonds. The van der Waals surface area contributed by atoms with Crippen LogP contribution in [0, 0.1) is 11.8 Å². The number of ether oxygens (including phenoxy) is 1. The van der Waals surface area contributed by atoms with Gasteiger partial charge in [-0.3, -0.25) is 4.79 Å². The molecule has 4 heteroatoms. The van der Waals surface area contributed by atoms with E-state index in [0.717, 1.165) is 19.4 Å². The lowest BCUT2D eigenvalue weighted by Crippen LogP contribution is -2.32. The van der Waals surface area contributed by atoms with Crippen LogP contribution >= 0.6 is 0 Å². The summed E-state index contributed by atoms with van der Waals surface area (Å²) in [5.41, 5.74) is 5.66. The van der Waals surface area contributed by atoms with E-state index < -0.39 is 0 Å². The topological polar surface area (TPSA) is 55.6 Å². The molecule has 1 aliphatic rings. The maximum absolute atomic E-state index is 11.9. The van der Waals surface area contributed by atoms with Gasteiger partial charge in [-0.15, -0.1) is 0 Å². The molecule has 1 aliphatic carbocycles. The Bertz CT molecular complexity index is 225. The highest BCUT2D eigenvalue weighted by molar-refractivity contribution is 5.76. The summed E-state index contributed by atoms with van der Waals surface area (Å²) in [6, 6.07) is 0. The standard InChI is InChI=1S/C13H26N2O2/c1-15(7-8-17-2)13(16)9-11-3-5-12(10-14)6-4-11/h11-12H,3-10,14H2,1-2H3. The smallest absolute Gasteiger partial charge is 0.222 e. The zero-order valence-electron chi connectivity index (χ0n) is 11.2. The second-order valence-electron chi connectivity index (χ2n) is 5.13. The number of likely N-dealkylation sites (N-methyl/N-ethyl adjacent to an activating group) is 1. The van der Waals surface area contributed by atoms with Crippen LogP contribution in [0.2, 0.25) is 0 Å². The van der Waals surface area contributed by atoms with Crippen molar-refractivity contribution in [2.45, 2.75) is 32.1 Å². The highest BCUT2D eigenvalue weighted by Gasteiger charge is 2.23. The molecule has 0 aromatic carbocycles. The molecule has 0 atom stereocenters. The van der Waals surface area contributed by atoms with Gasteiger partial charge in [0.05, 0.1) is 6.61 Å². The number of hydrogen-bond donors (Lipinski definition) is 1. The third kappa shape index (κ3) is 5.04. The van der Waals surface area contributed by atoms with Crippen molar-refractivity contribution >= 4 is 5.91 Å². The largest absolute Gasteiger partial charge is 0.383 e. The SMILES string of the molecule is COCCN(C)C(=O)CC1CCC(CN)CC1. The van der Waals surface area contributed by atoms with Crippen molar-refractivity contribution in [3.63, 3.8) is 0 Å². The monoisotopic (exact) mass is 242 g/mol. The van der Waals surface area contributed by atoms with Crippen LogP contribution in [0.5, 0.6) is 0 Å². The van der Waals surface area contributed by atoms with Gasteiger partial charge in [-0.2, -0.15) is 0 Å². The first-order valence-electron chi connectivity index (χ1n) is 6.60. The number of hydrogen-bond acceptors (Lipinski definition) is 3. The Balaban J connectivity index is 2.22. The lowest BCUT2D eigenvalue weighted by molar-refractivity contribution is -0.131. The van der Waals surface area contributed by atoms with Gasteiger partial charge in [0, 0.05) is 27.1 Å². The predicted molar refractivity (Wildman–Crippen MR) is 68.6 cm³/mol. The van der Waals surface area contributed by atoms with Crippen LogP contribution in [0.15, 0.2) is 0 Å². The molecule has 0 saturated heterocycles. The van der Waals surface area contributed by atoms with Crippen molar-refractivity contribution in [2.24, 2.45) is 17.6 Å². The molecule has 0 bridgehead atoms. The van der Waals surface area contributed by atoms with Crippen molar-refractivity contribution in [2.75, 3.05) is 33.9 Å². The zero-order valence-corrected chi connectivity index (χ0v) is 11.2. The second kappa shape index (κ2) is 7.67. The van der Waals surface area contributed by atoms with E-state index >= 15 is 0 Å². The van der Waals surface area contributed by atoms with Gasteiger partial charge in [0.1, 0.15) is 0 Å². The molecular weight excluding hydrogens is 216 g/mol. The van der Waals surface area contributed by atoms with Gasteiger partial charge in [0.25, 0.3) is 0 Å². The third-order valence-electron chi connectivity index (χ3n) is 3.82. The van der Waals surface area contributed by atoms with Gasteiger partial charge in [0.2, 0.25) is 5.91 Å². The molecule has 1 fully saturated rings. The number of rotatable bonds is 6. The first kappa shape index (κ1) is 14.5. The van der Waals surface area contributed by atoms with Gasteiger partial charge in [0.15, 0.2) is 0 Å². The van der Waals surface area contributed by atoms with E-state index in [-0.39, 0.29) is 5.91 Å². The van der Waals surface area contributed by atoms with Crippen LogP contribution in [-0.4, -0.2) is 44.7 Å². The Morgan fingerprint density at radius 1 is 1.29 bits per heavy atom. The number of carbonyl (C=O) groups is 1. The number of nitrogens with two attached hydrogens (primary N) is 1. The van der Waals surface area contributed by atoms with Gasteiger partial charge in [-0.1, -0.05) is 0 Å². The molecule has 0 spiro atoms. The van der Waals surface area contributed by atoms with Crippen LogP contribution in [0.4, 0.5) is 0 Å². The first-order chi connectivity index (χ1) is 8.17. The molecule has 100 valence electrons. The molecular formula is C13H26N2O2. The summed E-state index contributed by atoms with van der Waals surface area (Å²) in [5, 5.41) is 0. The molecule has 1 saturated carbocycles. The lowest BCUT2D eigenvalue weighted by atomic mass is 9.80. The fourth-order valence-electron chi connectivity index (χ4n) is 2.43. The van der Waals surface area contributed by atoms with Crippen molar-refractivity contribution in [3.05, 3.63) is 0 Å². The molecule has 0 aromatic heterocycles. The maximum atomic E-state index is 11.9. The van der Waals surface area contributed by atoms with Crippen LogP contribution in [0.25, 0.3) is 0 Å². The Morgan fingerprint density at radius 2 is 1.88 bits per heavy atom. The molecule has 1 rings (SSSR count). The van der Waals surface area contributed by atoms with Gasteiger partial charge in [-0.05, 0) is 44.1 Å². The summed E-state index contributed by atoms with van der Waals surface area (Å²) in [6.45, 7) is 2.10. The van der Waals surface area contributed by atoms with Crippen LogP contribution < -0.4 is 5.73 Å². The molecule has 17 heavy (non-hydrogen) atoms. The minimum atomic E-state index is 0.248. The zero-order chi connectivity index (χ0) is 12.7. The Labute approximate surface area is 104 Å². The molecule has 2 N–H and O–H groups in total. The highest BCUT2D eigenvalue weighted by atomic mass is 16.5. The van der Waals surface area contributed by atoms with E-state index in [1.54, 1.807) is 12.0 Å². The first-order valence-corrected chi connectivity index (χ1v) is 6.60. The predicted octanol–water partition coefficient (Wildman–Crippen LogP) is 1.25. The summed E-state index contributed by atoms with van der Waals surface area (Å²) in [4.78, 5) is 13.7. The minimum Gasteiger partial charge on any atom is -0.383 e. The summed E-state index contributed by atoms with van der Waals surface area (Å²) in [6.07, 6.45) is 5.39. The van der Waals surface area contributed by atoms with Crippen molar-refractivity contribution in [1.29, 1.82) is 0 Å². The van der Waals surface area contributed by atoms with Gasteiger partial charge < -0.3 is 15.4 Å². The van der Waals surface area contributed by atoms with E-state index in [9.17, 15) is 4.79 Å². The Hall–Kier alpha value is -0.610.